The molecule has 2 aliphatic heterocycles. The smallest absolute Gasteiger partial charge is 0.335 e. The summed E-state index contributed by atoms with van der Waals surface area (Å²) in [6.07, 6.45) is 1.51. The molecule has 4 rings (SSSR count). The van der Waals surface area contributed by atoms with E-state index in [9.17, 15) is 0 Å². The molecule has 12 heteroatoms. The largest absolute Gasteiger partial charge is 0.414 e. The summed E-state index contributed by atoms with van der Waals surface area (Å²) >= 11 is 6.26. The molecular formula is C23H39ClN4O5Si2. The molecule has 0 amide bonds. The quantitative estimate of drug-likeness (QED) is 0.356. The van der Waals surface area contributed by atoms with Crippen molar-refractivity contribution in [3.63, 3.8) is 0 Å². The summed E-state index contributed by atoms with van der Waals surface area (Å²) in [7, 11) is -3.77. The fraction of sp³-hybridized carbons (Fsp3) is 0.783. The summed E-state index contributed by atoms with van der Waals surface area (Å²) in [5, 5.41) is 0.301. The third-order valence-corrected chi connectivity index (χ3v) is 18.0. The van der Waals surface area contributed by atoms with Crippen LogP contribution in [0.2, 0.25) is 27.3 Å². The molecule has 0 saturated carbocycles. The van der Waals surface area contributed by atoms with Crippen LogP contribution in [0, 0.1) is 0 Å². The molecule has 2 aromatic rings. The van der Waals surface area contributed by atoms with Crippen LogP contribution in [0.15, 0.2) is 12.7 Å². The zero-order valence-electron chi connectivity index (χ0n) is 22.2. The van der Waals surface area contributed by atoms with Crippen molar-refractivity contribution in [2.45, 2.75) is 102 Å². The van der Waals surface area contributed by atoms with E-state index in [4.69, 9.17) is 34.0 Å². The number of rotatable bonds is 6. The van der Waals surface area contributed by atoms with Crippen LogP contribution < -0.4 is 0 Å². The summed E-state index contributed by atoms with van der Waals surface area (Å²) in [5.74, 6) is 0. The molecule has 2 fully saturated rings. The van der Waals surface area contributed by atoms with Gasteiger partial charge in [-0.05, 0) is 22.2 Å². The average Bonchev–Trinajstić information content (AvgIpc) is 3.34. The van der Waals surface area contributed by atoms with Crippen LogP contribution >= 0.6 is 11.6 Å². The lowest BCUT2D eigenvalue weighted by Gasteiger charge is -2.51. The zero-order valence-corrected chi connectivity index (χ0v) is 24.9. The Morgan fingerprint density at radius 1 is 0.971 bits per heavy atom. The molecule has 2 saturated heterocycles. The normalized spacial score (nSPS) is 28.7. The lowest BCUT2D eigenvalue weighted by molar-refractivity contribution is -0.0602. The van der Waals surface area contributed by atoms with Crippen molar-refractivity contribution in [1.29, 1.82) is 0 Å². The molecule has 0 aliphatic carbocycles. The van der Waals surface area contributed by atoms with Gasteiger partial charge in [-0.2, -0.15) is 0 Å². The van der Waals surface area contributed by atoms with Crippen molar-refractivity contribution in [1.82, 2.24) is 19.5 Å². The fourth-order valence-electron chi connectivity index (χ4n) is 5.61. The molecule has 4 heterocycles. The highest BCUT2D eigenvalue weighted by Gasteiger charge is 2.62. The highest BCUT2D eigenvalue weighted by molar-refractivity contribution is 6.84. The van der Waals surface area contributed by atoms with Crippen molar-refractivity contribution in [3.8, 4) is 0 Å². The topological polar surface area (TPSA) is 89.8 Å². The van der Waals surface area contributed by atoms with Crippen LogP contribution in [0.1, 0.15) is 61.6 Å². The molecule has 4 atom stereocenters. The second-order valence-corrected chi connectivity index (χ2v) is 20.0. The number of hydrogen-bond donors (Lipinski definition) is 0. The first-order chi connectivity index (χ1) is 16.5. The second kappa shape index (κ2) is 10.1. The highest BCUT2D eigenvalue weighted by Crippen LogP contribution is 2.48. The molecule has 196 valence electrons. The minimum absolute atomic E-state index is 0.214. The number of halogens is 1. The number of hydrogen-bond acceptors (Lipinski definition) is 8. The van der Waals surface area contributed by atoms with Gasteiger partial charge in [0.15, 0.2) is 17.0 Å². The Morgan fingerprint density at radius 3 is 2.17 bits per heavy atom. The van der Waals surface area contributed by atoms with Crippen molar-refractivity contribution in [2.24, 2.45) is 0 Å². The Labute approximate surface area is 215 Å². The lowest BCUT2D eigenvalue weighted by Crippen LogP contribution is -2.65. The molecule has 35 heavy (non-hydrogen) atoms. The van der Waals surface area contributed by atoms with Crippen molar-refractivity contribution in [2.75, 3.05) is 13.7 Å². The molecule has 0 bridgehead atoms. The van der Waals surface area contributed by atoms with E-state index in [0.717, 1.165) is 0 Å². The Bertz CT molecular complexity index is 1020. The monoisotopic (exact) mass is 542 g/mol. The van der Waals surface area contributed by atoms with Crippen LogP contribution in [0.4, 0.5) is 0 Å². The van der Waals surface area contributed by atoms with Gasteiger partial charge in [0, 0.05) is 7.11 Å². The number of methoxy groups -OCH3 is 1. The zero-order chi connectivity index (χ0) is 25.7. The molecule has 0 radical (unpaired) electrons. The molecule has 9 nitrogen and oxygen atoms in total. The average molecular weight is 543 g/mol. The Balaban J connectivity index is 1.80. The van der Waals surface area contributed by atoms with E-state index in [-0.39, 0.29) is 34.4 Å². The summed E-state index contributed by atoms with van der Waals surface area (Å²) < 4.78 is 35.8. The molecule has 0 aromatic carbocycles. The Hall–Kier alpha value is -0.926. The standard InChI is InChI=1S/C23H39ClN4O5Si2/c1-13(2)34(14(3)4)30-10-17-19(32-35(33-34,15(5)6)16(7)8)20(29-9)23(31-17)28-12-27-18-21(24)25-11-26-22(18)28/h11-17,19-20,23H,10H2,1-9H3/t17-,19?,20+,23-/m1/s1. The first kappa shape index (κ1) is 27.1. The molecule has 1 unspecified atom stereocenters. The summed E-state index contributed by atoms with van der Waals surface area (Å²) in [6.45, 7) is 18.1. The maximum atomic E-state index is 7.29. The van der Waals surface area contributed by atoms with Gasteiger partial charge in [-0.15, -0.1) is 0 Å². The first-order valence-corrected chi connectivity index (χ1v) is 16.8. The predicted octanol–water partition coefficient (Wildman–Crippen LogP) is 5.35. The van der Waals surface area contributed by atoms with Crippen LogP contribution in [0.25, 0.3) is 11.2 Å². The maximum Gasteiger partial charge on any atom is 0.335 e. The van der Waals surface area contributed by atoms with Gasteiger partial charge in [0.25, 0.3) is 0 Å². The van der Waals surface area contributed by atoms with Gasteiger partial charge in [0.1, 0.15) is 30.2 Å². The predicted molar refractivity (Wildman–Crippen MR) is 139 cm³/mol. The summed E-state index contributed by atoms with van der Waals surface area (Å²) in [6, 6.07) is 0. The van der Waals surface area contributed by atoms with Gasteiger partial charge in [-0.3, -0.25) is 4.57 Å². The van der Waals surface area contributed by atoms with E-state index in [1.54, 1.807) is 13.4 Å². The molecule has 2 aliphatic rings. The summed E-state index contributed by atoms with van der Waals surface area (Å²) in [5.41, 5.74) is 2.07. The maximum absolute atomic E-state index is 7.29. The van der Waals surface area contributed by atoms with Gasteiger partial charge in [-0.25, -0.2) is 15.0 Å². The minimum Gasteiger partial charge on any atom is -0.414 e. The van der Waals surface area contributed by atoms with Crippen LogP contribution in [-0.2, 0) is 22.4 Å². The first-order valence-electron chi connectivity index (χ1n) is 12.5. The SMILES string of the molecule is CO[C@H]1C2O[Si](C(C)C)(C(C)C)O[Si](C(C)C)(C(C)C)OC[C@H]2O[C@H]1n1cnc2c(Cl)ncnc21. The summed E-state index contributed by atoms with van der Waals surface area (Å²) in [4.78, 5) is 12.9. The number of nitrogens with zero attached hydrogens (tertiary/aromatic N) is 4. The molecule has 2 aromatic heterocycles. The number of fused-ring (bicyclic) bond motifs is 2. The number of imidazole rings is 1. The van der Waals surface area contributed by atoms with Gasteiger partial charge < -0.3 is 22.4 Å². The van der Waals surface area contributed by atoms with Gasteiger partial charge in [0.2, 0.25) is 0 Å². The van der Waals surface area contributed by atoms with Gasteiger partial charge in [0.05, 0.1) is 12.9 Å². The third kappa shape index (κ3) is 4.41. The van der Waals surface area contributed by atoms with E-state index in [0.29, 0.717) is 22.9 Å². The van der Waals surface area contributed by atoms with Crippen LogP contribution in [0.5, 0.6) is 0 Å². The molecular weight excluding hydrogens is 504 g/mol. The van der Waals surface area contributed by atoms with E-state index in [2.05, 4.69) is 70.3 Å². The van der Waals surface area contributed by atoms with Crippen molar-refractivity contribution >= 4 is 39.9 Å². The van der Waals surface area contributed by atoms with E-state index >= 15 is 0 Å². The Morgan fingerprint density at radius 2 is 1.60 bits per heavy atom. The van der Waals surface area contributed by atoms with Crippen molar-refractivity contribution < 1.29 is 22.4 Å². The molecule has 0 spiro atoms. The second-order valence-electron chi connectivity index (χ2n) is 10.8. The Kier molecular flexibility index (Phi) is 7.82. The lowest BCUT2D eigenvalue weighted by atomic mass is 10.1. The fourth-order valence-corrected chi connectivity index (χ4v) is 17.0. The number of aromatic nitrogens is 4. The minimum atomic E-state index is -2.80. The van der Waals surface area contributed by atoms with E-state index in [1.807, 2.05) is 4.57 Å². The van der Waals surface area contributed by atoms with E-state index < -0.39 is 29.5 Å². The third-order valence-electron chi connectivity index (χ3n) is 7.48. The van der Waals surface area contributed by atoms with Crippen molar-refractivity contribution in [3.05, 3.63) is 17.8 Å². The van der Waals surface area contributed by atoms with Crippen LogP contribution in [-0.4, -0.2) is 68.7 Å². The van der Waals surface area contributed by atoms with Crippen LogP contribution in [0.3, 0.4) is 0 Å². The van der Waals surface area contributed by atoms with Gasteiger partial charge in [-0.1, -0.05) is 67.0 Å². The molecule has 0 N–H and O–H groups in total. The van der Waals surface area contributed by atoms with E-state index in [1.165, 1.54) is 6.33 Å². The van der Waals surface area contributed by atoms with Gasteiger partial charge >= 0.3 is 17.1 Å². The number of ether oxygens (including phenoxy) is 2. The highest BCUT2D eigenvalue weighted by atomic mass is 35.5.